The molecule has 2 aromatic carbocycles. The molecule has 1 unspecified atom stereocenters. The number of carboxylic acids is 2. The Bertz CT molecular complexity index is 2870. The van der Waals surface area contributed by atoms with Gasteiger partial charge in [0, 0.05) is 32.0 Å². The fourth-order valence-corrected chi connectivity index (χ4v) is 9.64. The van der Waals surface area contributed by atoms with Gasteiger partial charge in [-0.2, -0.15) is 0 Å². The summed E-state index contributed by atoms with van der Waals surface area (Å²) in [5.74, 6) is -13.9. The maximum atomic E-state index is 14.6. The smallest absolute Gasteiger partial charge is 0.305 e. The largest absolute Gasteiger partial charge is 0.481 e. The summed E-state index contributed by atoms with van der Waals surface area (Å²) in [7, 11) is 0. The van der Waals surface area contributed by atoms with Crippen molar-refractivity contribution in [1.29, 1.82) is 0 Å². The van der Waals surface area contributed by atoms with Gasteiger partial charge in [0.05, 0.1) is 24.9 Å². The second kappa shape index (κ2) is 36.1. The van der Waals surface area contributed by atoms with Crippen LogP contribution in [0.3, 0.4) is 0 Å². The van der Waals surface area contributed by atoms with Crippen molar-refractivity contribution >= 4 is 89.5 Å². The highest BCUT2D eigenvalue weighted by Crippen LogP contribution is 2.15. The van der Waals surface area contributed by atoms with E-state index in [2.05, 4.69) is 68.1 Å². The number of hydrogen-bond acceptors (Lipinski definition) is 16. The van der Waals surface area contributed by atoms with Gasteiger partial charge in [-0.05, 0) is 67.5 Å². The van der Waals surface area contributed by atoms with Crippen LogP contribution in [0.5, 0.6) is 0 Å². The van der Waals surface area contributed by atoms with Gasteiger partial charge in [-0.25, -0.2) is 4.99 Å². The van der Waals surface area contributed by atoms with E-state index in [1.54, 1.807) is 88.4 Å². The number of carbonyl (C=O) groups excluding carboxylic acids is 10. The lowest BCUT2D eigenvalue weighted by atomic mass is 9.98. The molecule has 1 saturated heterocycles. The second-order valence-electron chi connectivity index (χ2n) is 23.0. The number of aliphatic carboxylic acids is 2. The Labute approximate surface area is 515 Å². The first-order valence-electron chi connectivity index (χ1n) is 29.5. The van der Waals surface area contributed by atoms with Crippen LogP contribution in [0.15, 0.2) is 75.6 Å². The molecule has 0 aliphatic carbocycles. The molecule has 2 aromatic rings. The molecule has 89 heavy (non-hydrogen) atoms. The molecule has 2 aliphatic rings. The maximum absolute atomic E-state index is 14.6. The zero-order chi connectivity index (χ0) is 65.9. The number of primary amides is 1. The Morgan fingerprint density at radius 3 is 1.49 bits per heavy atom. The van der Waals surface area contributed by atoms with Crippen molar-refractivity contribution < 1.29 is 67.7 Å². The van der Waals surface area contributed by atoms with E-state index in [1.165, 1.54) is 26.4 Å². The summed E-state index contributed by atoms with van der Waals surface area (Å²) in [6.07, 6.45) is 1.62. The third kappa shape index (κ3) is 25.1. The topological polar surface area (TPSA) is 481 Å². The number of rotatable bonds is 37. The number of nitrogens with one attached hydrogen (secondary N) is 10. The molecule has 486 valence electrons. The Hall–Kier alpha value is -9.35. The van der Waals surface area contributed by atoms with Gasteiger partial charge in [-0.15, -0.1) is 0 Å². The van der Waals surface area contributed by atoms with E-state index in [4.69, 9.17) is 17.2 Å². The maximum Gasteiger partial charge on any atom is 0.305 e. The molecule has 11 atom stereocenters. The average Bonchev–Trinajstić information content (AvgIpc) is 4.04. The van der Waals surface area contributed by atoms with Crippen LogP contribution in [0.1, 0.15) is 104 Å². The highest BCUT2D eigenvalue weighted by Gasteiger charge is 2.39. The predicted molar refractivity (Wildman–Crippen MR) is 327 cm³/mol. The van der Waals surface area contributed by atoms with Crippen LogP contribution in [0, 0.1) is 17.8 Å². The Morgan fingerprint density at radius 1 is 0.562 bits per heavy atom. The molecule has 2 aliphatic heterocycles. The first kappa shape index (κ1) is 72.1. The van der Waals surface area contributed by atoms with Gasteiger partial charge in [-0.3, -0.25) is 67.5 Å². The SMILES string of the molecule is CC(C)C[C@@H](NC(=O)[C@@H](Cc1ccccc1)NC(=O)[C@H](NC(=O)[C@@H](CC1C=NC=N1)NC(=O)[C@@H](CC(=O)O)NC(=O)[C@H](NC(=O)[C@@H](CC(=O)O)NC(=O)[C@H]1CCCN1)C(C)C)C(C)C)C(=O)N[C@H](CCCN=C(N)N)C(=O)N[C@H](Cc1ccccc1)C(N)=O. The lowest BCUT2D eigenvalue weighted by Crippen LogP contribution is -2.62. The minimum absolute atomic E-state index is 0.0185. The van der Waals surface area contributed by atoms with Gasteiger partial charge in [0.25, 0.3) is 0 Å². The van der Waals surface area contributed by atoms with Crippen molar-refractivity contribution in [2.45, 2.75) is 172 Å². The summed E-state index contributed by atoms with van der Waals surface area (Å²) >= 11 is 0. The molecule has 30 nitrogen and oxygen atoms in total. The average molecular weight is 1240 g/mol. The normalized spacial score (nSPS) is 17.2. The molecular formula is C59H86N16O14. The predicted octanol–water partition coefficient (Wildman–Crippen LogP) is -2.70. The van der Waals surface area contributed by atoms with Crippen molar-refractivity contribution in [1.82, 2.24) is 53.2 Å². The molecule has 10 amide bonds. The minimum atomic E-state index is -1.90. The number of amides is 10. The number of hydrogen-bond donors (Lipinski definition) is 15. The number of aliphatic imine (C=N–C) groups is 3. The van der Waals surface area contributed by atoms with Crippen molar-refractivity contribution in [3.05, 3.63) is 71.8 Å². The number of carbonyl (C=O) groups is 12. The van der Waals surface area contributed by atoms with Crippen LogP contribution in [0.2, 0.25) is 0 Å². The Morgan fingerprint density at radius 2 is 1.01 bits per heavy atom. The van der Waals surface area contributed by atoms with E-state index in [1.807, 2.05) is 0 Å². The van der Waals surface area contributed by atoms with Crippen LogP contribution in [0.25, 0.3) is 0 Å². The molecule has 0 bridgehead atoms. The van der Waals surface area contributed by atoms with E-state index in [0.29, 0.717) is 30.5 Å². The molecule has 0 spiro atoms. The zero-order valence-electron chi connectivity index (χ0n) is 50.9. The Kier molecular flexibility index (Phi) is 29.2. The number of nitrogens with two attached hydrogens (primary N) is 3. The molecule has 2 heterocycles. The standard InChI is InChI=1S/C59H86N16O14/c1-31(2)23-40(52(83)67-38(20-14-22-65-59(61)62)51(82)68-39(49(60)80)24-34-15-9-7-10-16-34)69-53(84)41(25-35-17-11-8-12-18-35)72-57(88)47(32(3)4)74-55(86)42(26-36-29-63-30-66-36)70-54(85)43(27-45(76)77)73-58(89)48(33(5)6)75-56(87)44(28-46(78)79)71-50(81)37-19-13-21-64-37/h7-12,15-18,29-33,36-44,47-48,64H,13-14,19-28H2,1-6H3,(H2,60,80)(H,67,83)(H,68,82)(H,69,84)(H,70,85)(H,71,81)(H,72,88)(H,73,89)(H,74,86)(H,75,87)(H,76,77)(H,78,79)(H4,61,62,65)/t36?,37-,38-,39-,40-,41-,42-,43-,44-,47-,48-/m1/s1. The summed E-state index contributed by atoms with van der Waals surface area (Å²) in [6.45, 7) is 10.4. The van der Waals surface area contributed by atoms with E-state index < -0.39 is 162 Å². The third-order valence-corrected chi connectivity index (χ3v) is 14.4. The Balaban J connectivity index is 1.58. The highest BCUT2D eigenvalue weighted by molar-refractivity contribution is 6.00. The molecule has 30 heteroatoms. The van der Waals surface area contributed by atoms with Crippen LogP contribution >= 0.6 is 0 Å². The molecule has 4 rings (SSSR count). The first-order valence-corrected chi connectivity index (χ1v) is 29.5. The van der Waals surface area contributed by atoms with Crippen molar-refractivity contribution in [3.63, 3.8) is 0 Å². The van der Waals surface area contributed by atoms with E-state index in [-0.39, 0.29) is 56.9 Å². The van der Waals surface area contributed by atoms with E-state index >= 15 is 0 Å². The molecule has 0 saturated carbocycles. The van der Waals surface area contributed by atoms with E-state index in [0.717, 1.165) is 0 Å². The second-order valence-corrected chi connectivity index (χ2v) is 23.0. The summed E-state index contributed by atoms with van der Waals surface area (Å²) in [6, 6.07) is 2.57. The van der Waals surface area contributed by atoms with Gasteiger partial charge in [0.1, 0.15) is 60.7 Å². The highest BCUT2D eigenvalue weighted by atomic mass is 16.4. The lowest BCUT2D eigenvalue weighted by Gasteiger charge is -2.30. The summed E-state index contributed by atoms with van der Waals surface area (Å²) in [4.78, 5) is 175. The third-order valence-electron chi connectivity index (χ3n) is 14.4. The lowest BCUT2D eigenvalue weighted by molar-refractivity contribution is -0.142. The fourth-order valence-electron chi connectivity index (χ4n) is 9.64. The molecular weight excluding hydrogens is 1160 g/mol. The van der Waals surface area contributed by atoms with E-state index in [9.17, 15) is 67.7 Å². The van der Waals surface area contributed by atoms with Crippen LogP contribution in [0.4, 0.5) is 0 Å². The molecule has 0 radical (unpaired) electrons. The van der Waals surface area contributed by atoms with Crippen molar-refractivity contribution in [2.75, 3.05) is 13.1 Å². The number of carboxylic acid groups (broad SMARTS) is 2. The minimum Gasteiger partial charge on any atom is -0.481 e. The number of benzene rings is 2. The van der Waals surface area contributed by atoms with Gasteiger partial charge in [0.2, 0.25) is 59.1 Å². The van der Waals surface area contributed by atoms with Crippen molar-refractivity contribution in [3.8, 4) is 0 Å². The first-order chi connectivity index (χ1) is 42.1. The van der Waals surface area contributed by atoms with Gasteiger partial charge in [-0.1, -0.05) is 102 Å². The summed E-state index contributed by atoms with van der Waals surface area (Å²) in [5, 5.41) is 45.5. The van der Waals surface area contributed by atoms with Crippen LogP contribution in [-0.2, 0) is 70.4 Å². The quantitative estimate of drug-likeness (QED) is 0.0186. The molecule has 1 fully saturated rings. The molecule has 0 aromatic heterocycles. The molecule has 18 N–H and O–H groups in total. The van der Waals surface area contributed by atoms with Gasteiger partial charge >= 0.3 is 11.9 Å². The van der Waals surface area contributed by atoms with Gasteiger partial charge < -0.3 is 80.6 Å². The number of nitrogens with zero attached hydrogens (tertiary/aromatic N) is 3. The summed E-state index contributed by atoms with van der Waals surface area (Å²) in [5.41, 5.74) is 18.0. The van der Waals surface area contributed by atoms with Crippen LogP contribution in [-0.4, -0.2) is 179 Å². The monoisotopic (exact) mass is 1240 g/mol. The van der Waals surface area contributed by atoms with Crippen LogP contribution < -0.4 is 70.4 Å². The zero-order valence-corrected chi connectivity index (χ0v) is 50.9. The summed E-state index contributed by atoms with van der Waals surface area (Å²) < 4.78 is 0. The number of guanidine groups is 1. The fraction of sp³-hybridized carbons (Fsp3) is 0.542. The van der Waals surface area contributed by atoms with Crippen molar-refractivity contribution in [2.24, 2.45) is 49.9 Å². The van der Waals surface area contributed by atoms with Gasteiger partial charge in [0.15, 0.2) is 5.96 Å².